The van der Waals surface area contributed by atoms with E-state index in [2.05, 4.69) is 15.4 Å². The first-order valence-electron chi connectivity index (χ1n) is 8.87. The molecule has 0 aliphatic heterocycles. The van der Waals surface area contributed by atoms with E-state index in [4.69, 9.17) is 23.8 Å². The number of thiocarbonyl (C=S) groups is 1. The Bertz CT molecular complexity index is 1200. The van der Waals surface area contributed by atoms with Gasteiger partial charge in [0, 0.05) is 22.1 Å². The highest BCUT2D eigenvalue weighted by Gasteiger charge is 2.16. The van der Waals surface area contributed by atoms with Crippen molar-refractivity contribution < 1.29 is 12.8 Å². The van der Waals surface area contributed by atoms with Crippen LogP contribution in [-0.2, 0) is 10.0 Å². The summed E-state index contributed by atoms with van der Waals surface area (Å²) in [5.41, 5.74) is 2.72. The summed E-state index contributed by atoms with van der Waals surface area (Å²) in [6.07, 6.45) is 0. The molecule has 0 radical (unpaired) electrons. The number of hydrogen-bond acceptors (Lipinski definition) is 3. The molecular weight excluding hydrogens is 445 g/mol. The minimum Gasteiger partial charge on any atom is -0.332 e. The lowest BCUT2D eigenvalue weighted by Gasteiger charge is -2.15. The van der Waals surface area contributed by atoms with Crippen LogP contribution in [-0.4, -0.2) is 13.5 Å². The van der Waals surface area contributed by atoms with E-state index in [0.29, 0.717) is 27.6 Å². The van der Waals surface area contributed by atoms with Gasteiger partial charge in [0.05, 0.1) is 4.90 Å². The van der Waals surface area contributed by atoms with Crippen LogP contribution in [0.15, 0.2) is 65.6 Å². The van der Waals surface area contributed by atoms with Gasteiger partial charge in [-0.3, -0.25) is 4.72 Å². The predicted molar refractivity (Wildman–Crippen MR) is 124 cm³/mol. The summed E-state index contributed by atoms with van der Waals surface area (Å²) < 4.78 is 41.7. The summed E-state index contributed by atoms with van der Waals surface area (Å²) >= 11 is 11.1. The van der Waals surface area contributed by atoms with Gasteiger partial charge in [-0.25, -0.2) is 12.8 Å². The average Bonchev–Trinajstić information content (AvgIpc) is 2.68. The Labute approximate surface area is 185 Å². The molecule has 3 N–H and O–H groups in total. The first kappa shape index (κ1) is 22.0. The molecule has 0 saturated heterocycles. The van der Waals surface area contributed by atoms with Crippen LogP contribution in [0.3, 0.4) is 0 Å². The second-order valence-corrected chi connectivity index (χ2v) is 9.16. The van der Waals surface area contributed by atoms with Crippen LogP contribution in [0.1, 0.15) is 11.1 Å². The van der Waals surface area contributed by atoms with Crippen molar-refractivity contribution in [3.8, 4) is 0 Å². The standard InChI is InChI=1S/C21H19ClFN3O2S2/c1-13-3-7-17(11-19(13)23)24-21(29)25-20-12-18(10-4-14(20)2)30(27,28)26-16-8-5-15(22)6-9-16/h3-12,26H,1-2H3,(H2,24,25,29). The fraction of sp³-hybridized carbons (Fsp3) is 0.0952. The van der Waals surface area contributed by atoms with Gasteiger partial charge in [-0.1, -0.05) is 23.7 Å². The zero-order chi connectivity index (χ0) is 21.9. The van der Waals surface area contributed by atoms with Gasteiger partial charge in [-0.05, 0) is 85.7 Å². The van der Waals surface area contributed by atoms with Gasteiger partial charge in [0.1, 0.15) is 5.82 Å². The fourth-order valence-electron chi connectivity index (χ4n) is 2.59. The molecule has 3 rings (SSSR count). The van der Waals surface area contributed by atoms with E-state index >= 15 is 0 Å². The van der Waals surface area contributed by atoms with Crippen LogP contribution >= 0.6 is 23.8 Å². The number of sulfonamides is 1. The van der Waals surface area contributed by atoms with E-state index in [1.807, 2.05) is 6.92 Å². The van der Waals surface area contributed by atoms with E-state index in [-0.39, 0.29) is 15.8 Å². The van der Waals surface area contributed by atoms with Crippen LogP contribution in [0.4, 0.5) is 21.5 Å². The van der Waals surface area contributed by atoms with Gasteiger partial charge in [0.15, 0.2) is 5.11 Å². The summed E-state index contributed by atoms with van der Waals surface area (Å²) in [6, 6.07) is 15.7. The quantitative estimate of drug-likeness (QED) is 0.423. The summed E-state index contributed by atoms with van der Waals surface area (Å²) in [5.74, 6) is -0.347. The third-order valence-electron chi connectivity index (χ3n) is 4.29. The molecule has 0 aliphatic carbocycles. The number of halogens is 2. The summed E-state index contributed by atoms with van der Waals surface area (Å²) in [7, 11) is -3.82. The van der Waals surface area contributed by atoms with Gasteiger partial charge in [-0.2, -0.15) is 0 Å². The topological polar surface area (TPSA) is 70.2 Å². The molecule has 0 amide bonds. The number of hydrogen-bond donors (Lipinski definition) is 3. The van der Waals surface area contributed by atoms with Crippen molar-refractivity contribution in [1.82, 2.24) is 0 Å². The van der Waals surface area contributed by atoms with Gasteiger partial charge >= 0.3 is 0 Å². The molecule has 0 heterocycles. The molecule has 0 aromatic heterocycles. The number of nitrogens with one attached hydrogen (secondary N) is 3. The molecule has 0 saturated carbocycles. The van der Waals surface area contributed by atoms with Crippen molar-refractivity contribution in [2.24, 2.45) is 0 Å². The van der Waals surface area contributed by atoms with Gasteiger partial charge in [-0.15, -0.1) is 0 Å². The van der Waals surface area contributed by atoms with Crippen LogP contribution < -0.4 is 15.4 Å². The van der Waals surface area contributed by atoms with Crippen molar-refractivity contribution in [1.29, 1.82) is 0 Å². The van der Waals surface area contributed by atoms with Crippen LogP contribution in [0, 0.1) is 19.7 Å². The zero-order valence-electron chi connectivity index (χ0n) is 16.2. The predicted octanol–water partition coefficient (Wildman–Crippen LogP) is 5.71. The minimum atomic E-state index is -3.82. The number of rotatable bonds is 5. The van der Waals surface area contributed by atoms with Gasteiger partial charge in [0.25, 0.3) is 10.0 Å². The highest BCUT2D eigenvalue weighted by Crippen LogP contribution is 2.24. The first-order valence-corrected chi connectivity index (χ1v) is 11.1. The Morgan fingerprint density at radius 3 is 2.20 bits per heavy atom. The van der Waals surface area contributed by atoms with Crippen molar-refractivity contribution in [2.45, 2.75) is 18.7 Å². The molecule has 0 unspecified atom stereocenters. The summed E-state index contributed by atoms with van der Waals surface area (Å²) in [4.78, 5) is 0.0646. The van der Waals surface area contributed by atoms with Gasteiger partial charge < -0.3 is 10.6 Å². The Hall–Kier alpha value is -2.68. The SMILES string of the molecule is Cc1ccc(NC(=S)Nc2cc(S(=O)(=O)Nc3ccc(Cl)cc3)ccc2C)cc1F. The van der Waals surface area contributed by atoms with Crippen molar-refractivity contribution in [3.05, 3.63) is 82.6 Å². The Balaban J connectivity index is 1.77. The maximum atomic E-state index is 13.7. The van der Waals surface area contributed by atoms with Crippen molar-refractivity contribution >= 4 is 56.0 Å². The average molecular weight is 464 g/mol. The highest BCUT2D eigenvalue weighted by atomic mass is 35.5. The van der Waals surface area contributed by atoms with E-state index in [0.717, 1.165) is 5.56 Å². The second kappa shape index (κ2) is 8.99. The lowest BCUT2D eigenvalue weighted by molar-refractivity contribution is 0.601. The third-order valence-corrected chi connectivity index (χ3v) is 6.13. The molecule has 3 aromatic carbocycles. The molecule has 5 nitrogen and oxygen atoms in total. The minimum absolute atomic E-state index is 0.0646. The first-order chi connectivity index (χ1) is 14.1. The molecule has 156 valence electrons. The molecule has 0 bridgehead atoms. The van der Waals surface area contributed by atoms with E-state index < -0.39 is 10.0 Å². The molecular formula is C21H19ClFN3O2S2. The fourth-order valence-corrected chi connectivity index (χ4v) is 4.03. The summed E-state index contributed by atoms with van der Waals surface area (Å²) in [6.45, 7) is 3.49. The van der Waals surface area contributed by atoms with Crippen LogP contribution in [0.25, 0.3) is 0 Å². The smallest absolute Gasteiger partial charge is 0.261 e. The Morgan fingerprint density at radius 2 is 1.53 bits per heavy atom. The number of benzene rings is 3. The van der Waals surface area contributed by atoms with E-state index in [1.165, 1.54) is 18.2 Å². The molecule has 9 heteroatoms. The molecule has 0 atom stereocenters. The second-order valence-electron chi connectivity index (χ2n) is 6.63. The third kappa shape index (κ3) is 5.47. The molecule has 3 aromatic rings. The van der Waals surface area contributed by atoms with Crippen LogP contribution in [0.2, 0.25) is 5.02 Å². The lowest BCUT2D eigenvalue weighted by Crippen LogP contribution is -2.20. The van der Waals surface area contributed by atoms with Crippen LogP contribution in [0.5, 0.6) is 0 Å². The van der Waals surface area contributed by atoms with Crippen molar-refractivity contribution in [2.75, 3.05) is 15.4 Å². The molecule has 0 fully saturated rings. The van der Waals surface area contributed by atoms with Gasteiger partial charge in [0.2, 0.25) is 0 Å². The number of anilines is 3. The largest absolute Gasteiger partial charge is 0.332 e. The van der Waals surface area contributed by atoms with E-state index in [9.17, 15) is 12.8 Å². The zero-order valence-corrected chi connectivity index (χ0v) is 18.6. The Morgan fingerprint density at radius 1 is 0.900 bits per heavy atom. The van der Waals surface area contributed by atoms with E-state index in [1.54, 1.807) is 49.4 Å². The maximum absolute atomic E-state index is 13.7. The number of aryl methyl sites for hydroxylation is 2. The molecule has 0 spiro atoms. The molecule has 0 aliphatic rings. The molecule has 30 heavy (non-hydrogen) atoms. The normalized spacial score (nSPS) is 11.1. The van der Waals surface area contributed by atoms with Crippen molar-refractivity contribution in [3.63, 3.8) is 0 Å². The lowest BCUT2D eigenvalue weighted by atomic mass is 10.2. The monoisotopic (exact) mass is 463 g/mol. The highest BCUT2D eigenvalue weighted by molar-refractivity contribution is 7.92. The maximum Gasteiger partial charge on any atom is 0.261 e. The Kier molecular flexibility index (Phi) is 6.60. The summed E-state index contributed by atoms with van der Waals surface area (Å²) in [5, 5.41) is 6.57.